The van der Waals surface area contributed by atoms with Gasteiger partial charge in [0.05, 0.1) is 0 Å². The highest BCUT2D eigenvalue weighted by atomic mass is 35.5. The van der Waals surface area contributed by atoms with Crippen LogP contribution in [0.15, 0.2) is 46.9 Å². The lowest BCUT2D eigenvalue weighted by atomic mass is 9.97. The Labute approximate surface area is 118 Å². The van der Waals surface area contributed by atoms with Gasteiger partial charge in [0.15, 0.2) is 0 Å². The molecule has 0 fully saturated rings. The molecule has 2 aliphatic rings. The van der Waals surface area contributed by atoms with Crippen molar-refractivity contribution in [1.82, 2.24) is 0 Å². The quantitative estimate of drug-likeness (QED) is 0.708. The molecule has 97 valence electrons. The summed E-state index contributed by atoms with van der Waals surface area (Å²) >= 11 is 7.14. The Hall–Kier alpha value is -1.10. The Bertz CT molecular complexity index is 647. The number of hydrogen-bond donors (Lipinski definition) is 0. The van der Waals surface area contributed by atoms with Gasteiger partial charge in [0.2, 0.25) is 5.06 Å². The van der Waals surface area contributed by atoms with Gasteiger partial charge in [-0.25, -0.2) is 13.9 Å². The van der Waals surface area contributed by atoms with Crippen molar-refractivity contribution in [3.8, 4) is 0 Å². The molecule has 0 saturated heterocycles. The van der Waals surface area contributed by atoms with Crippen molar-refractivity contribution in [3.63, 3.8) is 0 Å². The highest BCUT2D eigenvalue weighted by Gasteiger charge is 2.30. The zero-order valence-electron chi connectivity index (χ0n) is 9.62. The standard InChI is InChI=1S/C14H8ClF2OS/c15-14(18)4-3-10-11(7-19-13(10)6-14)9-2-1-8(16)5-12(9)17/h1-6H,7H2. The summed E-state index contributed by atoms with van der Waals surface area (Å²) < 4.78 is 26.7. The van der Waals surface area contributed by atoms with E-state index in [0.717, 1.165) is 22.1 Å². The van der Waals surface area contributed by atoms with Crippen LogP contribution in [0.4, 0.5) is 8.78 Å². The van der Waals surface area contributed by atoms with Gasteiger partial charge in [0.1, 0.15) is 11.6 Å². The minimum absolute atomic E-state index is 0.366. The Morgan fingerprint density at radius 2 is 2.11 bits per heavy atom. The van der Waals surface area contributed by atoms with Crippen molar-refractivity contribution in [2.75, 3.05) is 5.75 Å². The maximum Gasteiger partial charge on any atom is 0.215 e. The van der Waals surface area contributed by atoms with E-state index in [1.807, 2.05) is 0 Å². The number of thioether (sulfide) groups is 1. The van der Waals surface area contributed by atoms with Crippen molar-refractivity contribution in [3.05, 3.63) is 64.1 Å². The minimum Gasteiger partial charge on any atom is -0.207 e. The third-order valence-corrected chi connectivity index (χ3v) is 4.34. The number of hydrogen-bond acceptors (Lipinski definition) is 1. The molecule has 0 amide bonds. The second-order valence-corrected chi connectivity index (χ2v) is 5.95. The highest BCUT2D eigenvalue weighted by molar-refractivity contribution is 8.04. The lowest BCUT2D eigenvalue weighted by Crippen LogP contribution is -2.14. The first kappa shape index (κ1) is 12.9. The smallest absolute Gasteiger partial charge is 0.207 e. The Morgan fingerprint density at radius 1 is 1.32 bits per heavy atom. The number of alkyl halides is 1. The van der Waals surface area contributed by atoms with Gasteiger partial charge in [0.25, 0.3) is 0 Å². The molecule has 1 aromatic carbocycles. The summed E-state index contributed by atoms with van der Waals surface area (Å²) in [6.45, 7) is 0. The van der Waals surface area contributed by atoms with E-state index in [9.17, 15) is 13.9 Å². The van der Waals surface area contributed by atoms with Gasteiger partial charge in [0, 0.05) is 22.3 Å². The van der Waals surface area contributed by atoms with Crippen molar-refractivity contribution < 1.29 is 13.9 Å². The normalized spacial score (nSPS) is 25.6. The number of halogens is 3. The average molecular weight is 298 g/mol. The van der Waals surface area contributed by atoms with Crippen LogP contribution in [0.3, 0.4) is 0 Å². The second kappa shape index (κ2) is 4.47. The van der Waals surface area contributed by atoms with Crippen molar-refractivity contribution in [2.24, 2.45) is 0 Å². The maximum atomic E-state index is 13.8. The molecule has 19 heavy (non-hydrogen) atoms. The summed E-state index contributed by atoms with van der Waals surface area (Å²) in [4.78, 5) is 0.756. The monoisotopic (exact) mass is 297 g/mol. The van der Waals surface area contributed by atoms with Crippen molar-refractivity contribution >= 4 is 28.9 Å². The van der Waals surface area contributed by atoms with Crippen molar-refractivity contribution in [1.29, 1.82) is 0 Å². The molecule has 0 aromatic heterocycles. The Morgan fingerprint density at radius 3 is 2.84 bits per heavy atom. The first-order valence-corrected chi connectivity index (χ1v) is 6.96. The molecule has 3 rings (SSSR count). The van der Waals surface area contributed by atoms with Gasteiger partial charge in [-0.05, 0) is 35.4 Å². The molecule has 1 nitrogen and oxygen atoms in total. The van der Waals surface area contributed by atoms with Crippen LogP contribution in [0.5, 0.6) is 0 Å². The fourth-order valence-electron chi connectivity index (χ4n) is 2.14. The summed E-state index contributed by atoms with van der Waals surface area (Å²) in [5.74, 6) is -0.657. The molecule has 1 heterocycles. The molecule has 0 bridgehead atoms. The number of fused-ring (bicyclic) bond motifs is 1. The zero-order chi connectivity index (χ0) is 13.6. The molecule has 1 atom stereocenters. The van der Waals surface area contributed by atoms with Crippen LogP contribution in [-0.2, 0) is 5.11 Å². The van der Waals surface area contributed by atoms with E-state index in [1.165, 1.54) is 36.0 Å². The topological polar surface area (TPSA) is 19.9 Å². The summed E-state index contributed by atoms with van der Waals surface area (Å²) in [5, 5.41) is 9.93. The zero-order valence-corrected chi connectivity index (χ0v) is 11.2. The fraction of sp³-hybridized carbons (Fsp3) is 0.143. The molecule has 5 heteroatoms. The third kappa shape index (κ3) is 2.36. The Balaban J connectivity index is 2.10. The average Bonchev–Trinajstić information content (AvgIpc) is 2.70. The van der Waals surface area contributed by atoms with Gasteiger partial charge in [-0.15, -0.1) is 11.8 Å². The van der Waals surface area contributed by atoms with Crippen LogP contribution >= 0.6 is 23.4 Å². The van der Waals surface area contributed by atoms with Gasteiger partial charge < -0.3 is 0 Å². The molecule has 1 radical (unpaired) electrons. The van der Waals surface area contributed by atoms with Gasteiger partial charge in [-0.3, -0.25) is 0 Å². The molecule has 0 spiro atoms. The van der Waals surface area contributed by atoms with E-state index in [4.69, 9.17) is 11.6 Å². The molecular weight excluding hydrogens is 290 g/mol. The van der Waals surface area contributed by atoms with E-state index in [2.05, 4.69) is 0 Å². The van der Waals surface area contributed by atoms with E-state index in [-0.39, 0.29) is 0 Å². The third-order valence-electron chi connectivity index (χ3n) is 3.02. The van der Waals surface area contributed by atoms with Gasteiger partial charge in [-0.2, -0.15) is 0 Å². The molecule has 1 aromatic rings. The molecule has 1 aliphatic carbocycles. The number of allylic oxidation sites excluding steroid dienone is 2. The van der Waals surface area contributed by atoms with Crippen LogP contribution in [-0.4, -0.2) is 10.8 Å². The highest BCUT2D eigenvalue weighted by Crippen LogP contribution is 2.46. The van der Waals surface area contributed by atoms with E-state index < -0.39 is 16.7 Å². The van der Waals surface area contributed by atoms with Gasteiger partial charge >= 0.3 is 0 Å². The molecule has 0 N–H and O–H groups in total. The molecule has 1 unspecified atom stereocenters. The van der Waals surface area contributed by atoms with Crippen LogP contribution in [0.25, 0.3) is 5.57 Å². The summed E-state index contributed by atoms with van der Waals surface area (Å²) in [7, 11) is 0. The molecule has 0 saturated carbocycles. The SMILES string of the molecule is [O]C1(Cl)C=CC2=C(c3ccc(F)cc3F)CSC2=C1. The number of benzene rings is 1. The van der Waals surface area contributed by atoms with E-state index >= 15 is 0 Å². The largest absolute Gasteiger partial charge is 0.215 e. The molecular formula is C14H8ClF2OS. The van der Waals surface area contributed by atoms with Crippen LogP contribution in [0.1, 0.15) is 5.56 Å². The van der Waals surface area contributed by atoms with Gasteiger partial charge in [-0.1, -0.05) is 17.7 Å². The van der Waals surface area contributed by atoms with Crippen LogP contribution in [0.2, 0.25) is 0 Å². The lowest BCUT2D eigenvalue weighted by molar-refractivity contribution is 0.132. The van der Waals surface area contributed by atoms with E-state index in [1.54, 1.807) is 6.08 Å². The summed E-state index contributed by atoms with van der Waals surface area (Å²) in [6, 6.07) is 3.51. The predicted molar refractivity (Wildman–Crippen MR) is 72.2 cm³/mol. The number of rotatable bonds is 1. The van der Waals surface area contributed by atoms with Crippen LogP contribution < -0.4 is 0 Å². The summed E-state index contributed by atoms with van der Waals surface area (Å²) in [5.41, 5.74) is 1.92. The maximum absolute atomic E-state index is 13.8. The molecule has 1 aliphatic heterocycles. The fourth-order valence-corrected chi connectivity index (χ4v) is 3.59. The first-order valence-electron chi connectivity index (χ1n) is 5.59. The predicted octanol–water partition coefficient (Wildman–Crippen LogP) is 4.28. The van der Waals surface area contributed by atoms with Crippen molar-refractivity contribution in [2.45, 2.75) is 5.06 Å². The minimum atomic E-state index is -1.73. The summed E-state index contributed by atoms with van der Waals surface area (Å²) in [6.07, 6.45) is 4.37. The van der Waals surface area contributed by atoms with E-state index in [0.29, 0.717) is 11.3 Å². The van der Waals surface area contributed by atoms with Crippen LogP contribution in [0, 0.1) is 11.6 Å². The Kier molecular flexibility index (Phi) is 3.04. The lowest BCUT2D eigenvalue weighted by Gasteiger charge is -2.15. The second-order valence-electron chi connectivity index (χ2n) is 4.34. The first-order chi connectivity index (χ1) is 8.96.